The lowest BCUT2D eigenvalue weighted by molar-refractivity contribution is 1.32. The first-order chi connectivity index (χ1) is 6.86. The predicted octanol–water partition coefficient (Wildman–Crippen LogP) is 3.42. The Morgan fingerprint density at radius 2 is 1.50 bits per heavy atom. The third kappa shape index (κ3) is 4.84. The summed E-state index contributed by atoms with van der Waals surface area (Å²) in [6.45, 7) is 0. The maximum atomic E-state index is 2.85. The number of hydrogen-bond donors (Lipinski definition) is 0. The summed E-state index contributed by atoms with van der Waals surface area (Å²) in [5.41, 5.74) is 1.51. The zero-order valence-electron chi connectivity index (χ0n) is 8.52. The second-order valence-corrected chi connectivity index (χ2v) is 7.05. The molecule has 2 unspecified atom stereocenters. The molecule has 0 aliphatic carbocycles. The maximum Gasteiger partial charge on any atom is -0.00729 e. The zero-order chi connectivity index (χ0) is 10.2. The number of rotatable bonds is 6. The molecule has 0 N–H and O–H groups in total. The van der Waals surface area contributed by atoms with Crippen molar-refractivity contribution < 1.29 is 0 Å². The highest BCUT2D eigenvalue weighted by Crippen LogP contribution is 2.39. The van der Waals surface area contributed by atoms with Crippen molar-refractivity contribution in [2.75, 3.05) is 24.6 Å². The minimum atomic E-state index is 0.221. The monoisotopic (exact) mass is 244 g/mol. The van der Waals surface area contributed by atoms with Gasteiger partial charge in [0, 0.05) is 0 Å². The second kappa shape index (κ2) is 7.76. The van der Waals surface area contributed by atoms with Crippen LogP contribution in [-0.4, -0.2) is 24.6 Å². The molecule has 0 bridgehead atoms. The zero-order valence-corrected chi connectivity index (χ0v) is 11.7. The largest absolute Gasteiger partial charge is 0.137 e. The third-order valence-corrected chi connectivity index (χ3v) is 6.28. The van der Waals surface area contributed by atoms with E-state index in [0.29, 0.717) is 0 Å². The molecule has 1 rings (SSSR count). The summed E-state index contributed by atoms with van der Waals surface area (Å²) >= 11 is 0. The fourth-order valence-electron chi connectivity index (χ4n) is 1.48. The van der Waals surface area contributed by atoms with Crippen molar-refractivity contribution in [3.8, 4) is 0 Å². The summed E-state index contributed by atoms with van der Waals surface area (Å²) < 4.78 is 0. The van der Waals surface area contributed by atoms with Crippen molar-refractivity contribution in [3.63, 3.8) is 0 Å². The SMILES string of the molecule is PCCP(CCP)Cc1ccccc1. The Bertz CT molecular complexity index is 230. The van der Waals surface area contributed by atoms with Gasteiger partial charge in [-0.1, -0.05) is 30.3 Å². The summed E-state index contributed by atoms with van der Waals surface area (Å²) in [6, 6.07) is 10.9. The van der Waals surface area contributed by atoms with Gasteiger partial charge in [0.2, 0.25) is 0 Å². The van der Waals surface area contributed by atoms with Gasteiger partial charge in [-0.2, -0.15) is 0 Å². The quantitative estimate of drug-likeness (QED) is 0.672. The van der Waals surface area contributed by atoms with Crippen molar-refractivity contribution in [2.24, 2.45) is 0 Å². The Hall–Kier alpha value is 0.510. The molecule has 14 heavy (non-hydrogen) atoms. The van der Waals surface area contributed by atoms with Gasteiger partial charge in [-0.3, -0.25) is 0 Å². The van der Waals surface area contributed by atoms with Gasteiger partial charge in [0.25, 0.3) is 0 Å². The highest BCUT2D eigenvalue weighted by atomic mass is 31.1. The van der Waals surface area contributed by atoms with Crippen LogP contribution in [0, 0.1) is 0 Å². The first kappa shape index (κ1) is 12.6. The third-order valence-electron chi connectivity index (χ3n) is 2.14. The minimum Gasteiger partial charge on any atom is -0.137 e. The second-order valence-electron chi connectivity index (χ2n) is 3.34. The van der Waals surface area contributed by atoms with E-state index in [4.69, 9.17) is 0 Å². The molecule has 2 atom stereocenters. The predicted molar refractivity (Wildman–Crippen MR) is 76.0 cm³/mol. The molecule has 1 aromatic carbocycles. The molecule has 0 fully saturated rings. The van der Waals surface area contributed by atoms with Crippen molar-refractivity contribution in [2.45, 2.75) is 6.16 Å². The Morgan fingerprint density at radius 1 is 0.929 bits per heavy atom. The smallest absolute Gasteiger partial charge is 0.00729 e. The summed E-state index contributed by atoms with van der Waals surface area (Å²) in [5, 5.41) is 0. The van der Waals surface area contributed by atoms with E-state index in [1.807, 2.05) is 0 Å². The van der Waals surface area contributed by atoms with Gasteiger partial charge in [-0.25, -0.2) is 0 Å². The van der Waals surface area contributed by atoms with Crippen LogP contribution in [0.5, 0.6) is 0 Å². The average molecular weight is 244 g/mol. The van der Waals surface area contributed by atoms with Gasteiger partial charge in [0.05, 0.1) is 0 Å². The van der Waals surface area contributed by atoms with E-state index >= 15 is 0 Å². The number of benzene rings is 1. The Labute approximate surface area is 93.4 Å². The van der Waals surface area contributed by atoms with Crippen LogP contribution >= 0.6 is 26.4 Å². The van der Waals surface area contributed by atoms with Crippen LogP contribution in [0.15, 0.2) is 30.3 Å². The summed E-state index contributed by atoms with van der Waals surface area (Å²) in [7, 11) is 5.92. The van der Waals surface area contributed by atoms with Crippen molar-refractivity contribution in [1.82, 2.24) is 0 Å². The molecule has 0 saturated carbocycles. The lowest BCUT2D eigenvalue weighted by atomic mass is 10.2. The summed E-state index contributed by atoms with van der Waals surface area (Å²) in [5.74, 6) is 0. The van der Waals surface area contributed by atoms with Gasteiger partial charge >= 0.3 is 0 Å². The fourth-order valence-corrected chi connectivity index (χ4v) is 5.66. The highest BCUT2D eigenvalue weighted by Gasteiger charge is 2.06. The Morgan fingerprint density at radius 3 is 2.00 bits per heavy atom. The van der Waals surface area contributed by atoms with Gasteiger partial charge in [0.15, 0.2) is 0 Å². The molecule has 0 amide bonds. The number of hydrogen-bond acceptors (Lipinski definition) is 0. The molecular formula is C11H19P3. The first-order valence-corrected chi connectivity index (χ1v) is 8.56. The van der Waals surface area contributed by atoms with E-state index in [1.54, 1.807) is 0 Å². The Balaban J connectivity index is 2.46. The average Bonchev–Trinajstić information content (AvgIpc) is 2.20. The molecule has 0 spiro atoms. The van der Waals surface area contributed by atoms with Crippen LogP contribution < -0.4 is 0 Å². The molecule has 3 heteroatoms. The van der Waals surface area contributed by atoms with E-state index in [-0.39, 0.29) is 7.92 Å². The topological polar surface area (TPSA) is 0 Å². The molecule has 1 aromatic rings. The van der Waals surface area contributed by atoms with Crippen molar-refractivity contribution in [3.05, 3.63) is 35.9 Å². The summed E-state index contributed by atoms with van der Waals surface area (Å²) in [4.78, 5) is 0. The van der Waals surface area contributed by atoms with Crippen LogP contribution in [-0.2, 0) is 6.16 Å². The lowest BCUT2D eigenvalue weighted by Crippen LogP contribution is -1.95. The molecule has 0 aliphatic rings. The Kier molecular flexibility index (Phi) is 6.97. The van der Waals surface area contributed by atoms with Crippen molar-refractivity contribution >= 4 is 26.4 Å². The van der Waals surface area contributed by atoms with E-state index in [1.165, 1.54) is 36.4 Å². The van der Waals surface area contributed by atoms with E-state index < -0.39 is 0 Å². The van der Waals surface area contributed by atoms with Gasteiger partial charge in [0.1, 0.15) is 0 Å². The molecule has 78 valence electrons. The molecule has 0 heterocycles. The highest BCUT2D eigenvalue weighted by molar-refractivity contribution is 7.57. The van der Waals surface area contributed by atoms with Crippen molar-refractivity contribution in [1.29, 1.82) is 0 Å². The molecule has 0 nitrogen and oxygen atoms in total. The standard InChI is InChI=1S/C11H19P3/c12-6-8-14(9-7-13)10-11-4-2-1-3-5-11/h1-5H,6-10,12-13H2. The molecule has 0 aromatic heterocycles. The molecule has 0 saturated heterocycles. The molecular weight excluding hydrogens is 225 g/mol. The normalized spacial score (nSPS) is 10.8. The fraction of sp³-hybridized carbons (Fsp3) is 0.455. The molecule has 0 aliphatic heterocycles. The van der Waals surface area contributed by atoms with Gasteiger partial charge in [-0.15, -0.1) is 26.4 Å². The lowest BCUT2D eigenvalue weighted by Gasteiger charge is -2.15. The van der Waals surface area contributed by atoms with Crippen LogP contribution in [0.2, 0.25) is 0 Å². The van der Waals surface area contributed by atoms with Crippen LogP contribution in [0.4, 0.5) is 0 Å². The van der Waals surface area contributed by atoms with Crippen LogP contribution in [0.25, 0.3) is 0 Å². The van der Waals surface area contributed by atoms with Crippen LogP contribution in [0.3, 0.4) is 0 Å². The van der Waals surface area contributed by atoms with E-state index in [9.17, 15) is 0 Å². The van der Waals surface area contributed by atoms with E-state index in [2.05, 4.69) is 48.8 Å². The van der Waals surface area contributed by atoms with Gasteiger partial charge in [-0.05, 0) is 36.4 Å². The first-order valence-electron chi connectivity index (χ1n) is 5.03. The maximum absolute atomic E-state index is 2.85. The summed E-state index contributed by atoms with van der Waals surface area (Å²) in [6.07, 6.45) is 6.60. The van der Waals surface area contributed by atoms with Crippen LogP contribution in [0.1, 0.15) is 5.56 Å². The van der Waals surface area contributed by atoms with Gasteiger partial charge < -0.3 is 0 Å². The minimum absolute atomic E-state index is 0.221. The molecule has 0 radical (unpaired) electrons. The van der Waals surface area contributed by atoms with E-state index in [0.717, 1.165) is 0 Å².